The van der Waals surface area contributed by atoms with E-state index in [1.54, 1.807) is 18.2 Å². The van der Waals surface area contributed by atoms with Crippen LogP contribution in [0.25, 0.3) is 0 Å². The molecule has 0 spiro atoms. The SMILES string of the molecule is COc1cc(CS(=O)(=O)Cl)ccc1OC(C)C. The molecule has 0 radical (unpaired) electrons. The van der Waals surface area contributed by atoms with Crippen LogP contribution in [0.4, 0.5) is 0 Å². The van der Waals surface area contributed by atoms with Crippen molar-refractivity contribution in [1.29, 1.82) is 0 Å². The third-order valence-corrected chi connectivity index (χ3v) is 2.94. The van der Waals surface area contributed by atoms with Crippen LogP contribution >= 0.6 is 10.7 Å². The molecule has 0 saturated heterocycles. The lowest BCUT2D eigenvalue weighted by Gasteiger charge is -2.14. The predicted octanol–water partition coefficient (Wildman–Crippen LogP) is 2.55. The molecule has 96 valence electrons. The van der Waals surface area contributed by atoms with Gasteiger partial charge >= 0.3 is 0 Å². The van der Waals surface area contributed by atoms with E-state index in [0.717, 1.165) is 0 Å². The van der Waals surface area contributed by atoms with Gasteiger partial charge in [-0.15, -0.1) is 0 Å². The molecule has 0 N–H and O–H groups in total. The highest BCUT2D eigenvalue weighted by atomic mass is 35.7. The summed E-state index contributed by atoms with van der Waals surface area (Å²) in [4.78, 5) is 0. The maximum atomic E-state index is 11.0. The molecule has 0 aliphatic carbocycles. The van der Waals surface area contributed by atoms with E-state index in [2.05, 4.69) is 0 Å². The summed E-state index contributed by atoms with van der Waals surface area (Å²) in [6, 6.07) is 4.94. The van der Waals surface area contributed by atoms with Crippen LogP contribution in [0.5, 0.6) is 11.5 Å². The summed E-state index contributed by atoms with van der Waals surface area (Å²) >= 11 is 0. The van der Waals surface area contributed by atoms with Crippen molar-refractivity contribution in [2.75, 3.05) is 7.11 Å². The fourth-order valence-electron chi connectivity index (χ4n) is 1.35. The maximum Gasteiger partial charge on any atom is 0.236 e. The summed E-state index contributed by atoms with van der Waals surface area (Å²) in [6.07, 6.45) is 0.0199. The largest absolute Gasteiger partial charge is 0.493 e. The minimum Gasteiger partial charge on any atom is -0.493 e. The molecule has 0 atom stereocenters. The Bertz CT molecular complexity index is 482. The van der Waals surface area contributed by atoms with Gasteiger partial charge in [-0.3, -0.25) is 0 Å². The number of methoxy groups -OCH3 is 1. The maximum absolute atomic E-state index is 11.0. The zero-order valence-electron chi connectivity index (χ0n) is 9.94. The highest BCUT2D eigenvalue weighted by Crippen LogP contribution is 2.29. The summed E-state index contributed by atoms with van der Waals surface area (Å²) in [7, 11) is 3.13. The van der Waals surface area contributed by atoms with E-state index in [1.165, 1.54) is 7.11 Å². The Morgan fingerprint density at radius 1 is 1.29 bits per heavy atom. The Balaban J connectivity index is 3.00. The Morgan fingerprint density at radius 2 is 1.94 bits per heavy atom. The number of ether oxygens (including phenoxy) is 2. The van der Waals surface area contributed by atoms with Crippen LogP contribution in [0.2, 0.25) is 0 Å². The van der Waals surface area contributed by atoms with Gasteiger partial charge in [0.05, 0.1) is 19.0 Å². The third kappa shape index (κ3) is 4.83. The first kappa shape index (κ1) is 14.1. The molecule has 4 nitrogen and oxygen atoms in total. The minimum atomic E-state index is -3.56. The monoisotopic (exact) mass is 278 g/mol. The van der Waals surface area contributed by atoms with Crippen LogP contribution in [0.1, 0.15) is 19.4 Å². The first-order valence-electron chi connectivity index (χ1n) is 5.07. The van der Waals surface area contributed by atoms with Gasteiger partial charge in [0.15, 0.2) is 11.5 Å². The molecule has 1 rings (SSSR count). The number of hydrogen-bond donors (Lipinski definition) is 0. The normalized spacial score (nSPS) is 11.6. The van der Waals surface area contributed by atoms with E-state index >= 15 is 0 Å². The molecule has 17 heavy (non-hydrogen) atoms. The van der Waals surface area contributed by atoms with Crippen molar-refractivity contribution in [3.05, 3.63) is 23.8 Å². The van der Waals surface area contributed by atoms with Gasteiger partial charge in [0.25, 0.3) is 0 Å². The molecule has 1 aromatic rings. The van der Waals surface area contributed by atoms with Gasteiger partial charge in [-0.05, 0) is 31.5 Å². The lowest BCUT2D eigenvalue weighted by Crippen LogP contribution is -2.07. The van der Waals surface area contributed by atoms with Gasteiger partial charge in [0.1, 0.15) is 0 Å². The minimum absolute atomic E-state index is 0.0199. The molecular weight excluding hydrogens is 264 g/mol. The van der Waals surface area contributed by atoms with Crippen LogP contribution in [0.15, 0.2) is 18.2 Å². The van der Waals surface area contributed by atoms with E-state index in [-0.39, 0.29) is 11.9 Å². The Hall–Kier alpha value is -0.940. The third-order valence-electron chi connectivity index (χ3n) is 1.93. The molecular formula is C11H15ClO4S. The van der Waals surface area contributed by atoms with Crippen molar-refractivity contribution in [3.8, 4) is 11.5 Å². The molecule has 0 amide bonds. The van der Waals surface area contributed by atoms with Crippen molar-refractivity contribution in [3.63, 3.8) is 0 Å². The van der Waals surface area contributed by atoms with Crippen LogP contribution < -0.4 is 9.47 Å². The molecule has 0 aliphatic rings. The second-order valence-electron chi connectivity index (χ2n) is 3.83. The van der Waals surface area contributed by atoms with E-state index in [4.69, 9.17) is 20.2 Å². The van der Waals surface area contributed by atoms with Crippen molar-refractivity contribution in [2.45, 2.75) is 25.7 Å². The standard InChI is InChI=1S/C11H15ClO4S/c1-8(2)16-10-5-4-9(6-11(10)15-3)7-17(12,13)14/h4-6,8H,7H2,1-3H3. The summed E-state index contributed by atoms with van der Waals surface area (Å²) in [6.45, 7) is 3.80. The second kappa shape index (κ2) is 5.60. The molecule has 0 aromatic heterocycles. The summed E-state index contributed by atoms with van der Waals surface area (Å²) in [5, 5.41) is 0. The number of halogens is 1. The molecule has 0 saturated carbocycles. The number of hydrogen-bond acceptors (Lipinski definition) is 4. The van der Waals surface area contributed by atoms with Gasteiger partial charge in [0, 0.05) is 10.7 Å². The van der Waals surface area contributed by atoms with Crippen LogP contribution in [-0.4, -0.2) is 21.6 Å². The van der Waals surface area contributed by atoms with E-state index in [1.807, 2.05) is 13.8 Å². The smallest absolute Gasteiger partial charge is 0.236 e. The molecule has 0 unspecified atom stereocenters. The lowest BCUT2D eigenvalue weighted by molar-refractivity contribution is 0.230. The number of rotatable bonds is 5. The first-order valence-corrected chi connectivity index (χ1v) is 7.55. The van der Waals surface area contributed by atoms with Gasteiger partial charge in [-0.2, -0.15) is 0 Å². The Kier molecular flexibility index (Phi) is 4.65. The van der Waals surface area contributed by atoms with E-state index < -0.39 is 9.05 Å². The summed E-state index contributed by atoms with van der Waals surface area (Å²) < 4.78 is 32.6. The molecule has 0 fully saturated rings. The summed E-state index contributed by atoms with van der Waals surface area (Å²) in [5.41, 5.74) is 0.563. The van der Waals surface area contributed by atoms with Crippen LogP contribution in [0.3, 0.4) is 0 Å². The lowest BCUT2D eigenvalue weighted by atomic mass is 10.2. The zero-order valence-corrected chi connectivity index (χ0v) is 11.5. The predicted molar refractivity (Wildman–Crippen MR) is 67.2 cm³/mol. The van der Waals surface area contributed by atoms with E-state index in [9.17, 15) is 8.42 Å². The van der Waals surface area contributed by atoms with Gasteiger partial charge in [0.2, 0.25) is 9.05 Å². The highest BCUT2D eigenvalue weighted by Gasteiger charge is 2.11. The van der Waals surface area contributed by atoms with Crippen molar-refractivity contribution in [1.82, 2.24) is 0 Å². The zero-order chi connectivity index (χ0) is 13.1. The van der Waals surface area contributed by atoms with Gasteiger partial charge in [-0.1, -0.05) is 6.07 Å². The Morgan fingerprint density at radius 3 is 2.41 bits per heavy atom. The number of benzene rings is 1. The fraction of sp³-hybridized carbons (Fsp3) is 0.455. The summed E-state index contributed by atoms with van der Waals surface area (Å²) in [5.74, 6) is 0.849. The molecule has 0 aliphatic heterocycles. The van der Waals surface area contributed by atoms with Crippen molar-refractivity contribution in [2.24, 2.45) is 0 Å². The first-order chi connectivity index (χ1) is 7.81. The molecule has 6 heteroatoms. The second-order valence-corrected chi connectivity index (χ2v) is 6.61. The highest BCUT2D eigenvalue weighted by molar-refractivity contribution is 8.13. The average Bonchev–Trinajstić information content (AvgIpc) is 2.17. The van der Waals surface area contributed by atoms with Gasteiger partial charge in [-0.25, -0.2) is 8.42 Å². The van der Waals surface area contributed by atoms with E-state index in [0.29, 0.717) is 17.1 Å². The van der Waals surface area contributed by atoms with Crippen molar-refractivity contribution < 1.29 is 17.9 Å². The molecule has 1 aromatic carbocycles. The quantitative estimate of drug-likeness (QED) is 0.777. The average molecular weight is 279 g/mol. The van der Waals surface area contributed by atoms with Gasteiger partial charge < -0.3 is 9.47 Å². The fourth-order valence-corrected chi connectivity index (χ4v) is 2.31. The van der Waals surface area contributed by atoms with Crippen molar-refractivity contribution >= 4 is 19.7 Å². The topological polar surface area (TPSA) is 52.6 Å². The molecule has 0 heterocycles. The Labute approximate surface area is 106 Å². The van der Waals surface area contributed by atoms with Crippen LogP contribution in [-0.2, 0) is 14.8 Å². The van der Waals surface area contributed by atoms with Crippen LogP contribution in [0, 0.1) is 0 Å². The molecule has 0 bridgehead atoms.